The first kappa shape index (κ1) is 13.4. The molecule has 1 aromatic carbocycles. The number of thioether (sulfide) groups is 1. The zero-order chi connectivity index (χ0) is 13.0. The van der Waals surface area contributed by atoms with Gasteiger partial charge in [-0.05, 0) is 30.7 Å². The van der Waals surface area contributed by atoms with Gasteiger partial charge < -0.3 is 10.6 Å². The number of nitrogens with one attached hydrogen (secondary N) is 2. The fraction of sp³-hybridized carbons (Fsp3) is 0.500. The Kier molecular flexibility index (Phi) is 4.66. The fourth-order valence-electron chi connectivity index (χ4n) is 2.27. The van der Waals surface area contributed by atoms with E-state index in [2.05, 4.69) is 29.0 Å². The summed E-state index contributed by atoms with van der Waals surface area (Å²) in [5.74, 6) is 1.07. The molecule has 0 saturated heterocycles. The van der Waals surface area contributed by atoms with Crippen LogP contribution in [0, 0.1) is 0 Å². The highest BCUT2D eigenvalue weighted by atomic mass is 32.2. The molecule has 4 heteroatoms. The second kappa shape index (κ2) is 6.25. The zero-order valence-electron chi connectivity index (χ0n) is 10.9. The molecule has 2 rings (SSSR count). The van der Waals surface area contributed by atoms with Crippen molar-refractivity contribution >= 4 is 17.7 Å². The van der Waals surface area contributed by atoms with E-state index in [1.165, 1.54) is 11.1 Å². The number of hydrogen-bond donors (Lipinski definition) is 2. The van der Waals surface area contributed by atoms with Crippen LogP contribution in [0.2, 0.25) is 0 Å². The Morgan fingerprint density at radius 3 is 2.94 bits per heavy atom. The van der Waals surface area contributed by atoms with Crippen LogP contribution in [-0.2, 0) is 17.8 Å². The third-order valence-corrected chi connectivity index (χ3v) is 4.04. The van der Waals surface area contributed by atoms with Crippen LogP contribution in [0.25, 0.3) is 0 Å². The number of benzene rings is 1. The molecule has 0 radical (unpaired) electrons. The lowest BCUT2D eigenvalue weighted by Crippen LogP contribution is -2.50. The summed E-state index contributed by atoms with van der Waals surface area (Å²) in [6, 6.07) is 8.45. The van der Waals surface area contributed by atoms with Crippen LogP contribution in [0.1, 0.15) is 18.1 Å². The molecule has 0 bridgehead atoms. The van der Waals surface area contributed by atoms with Crippen LogP contribution in [0.15, 0.2) is 24.3 Å². The van der Waals surface area contributed by atoms with Gasteiger partial charge in [0.1, 0.15) is 0 Å². The molecule has 98 valence electrons. The van der Waals surface area contributed by atoms with Gasteiger partial charge in [0.2, 0.25) is 5.91 Å². The summed E-state index contributed by atoms with van der Waals surface area (Å²) >= 11 is 1.75. The van der Waals surface area contributed by atoms with Crippen molar-refractivity contribution < 1.29 is 4.79 Å². The van der Waals surface area contributed by atoms with E-state index in [9.17, 15) is 4.79 Å². The molecule has 1 aliphatic heterocycles. The minimum Gasteiger partial charge on any atom is -0.351 e. The summed E-state index contributed by atoms with van der Waals surface area (Å²) in [7, 11) is 0. The summed E-state index contributed by atoms with van der Waals surface area (Å²) in [6.07, 6.45) is 2.84. The highest BCUT2D eigenvalue weighted by molar-refractivity contribution is 7.98. The van der Waals surface area contributed by atoms with Gasteiger partial charge in [0, 0.05) is 18.3 Å². The quantitative estimate of drug-likeness (QED) is 0.867. The summed E-state index contributed by atoms with van der Waals surface area (Å²) in [5, 5.41) is 6.36. The molecule has 1 amide bonds. The summed E-state index contributed by atoms with van der Waals surface area (Å²) in [4.78, 5) is 12.1. The van der Waals surface area contributed by atoms with E-state index < -0.39 is 0 Å². The van der Waals surface area contributed by atoms with Crippen LogP contribution < -0.4 is 10.6 Å². The Balaban J connectivity index is 1.94. The number of fused-ring (bicyclic) bond motifs is 1. The largest absolute Gasteiger partial charge is 0.351 e. The normalized spacial score (nSPS) is 20.0. The Morgan fingerprint density at radius 1 is 1.50 bits per heavy atom. The van der Waals surface area contributed by atoms with Gasteiger partial charge in [-0.2, -0.15) is 11.8 Å². The number of carbonyl (C=O) groups is 1. The lowest BCUT2D eigenvalue weighted by molar-refractivity contribution is -0.123. The first-order valence-corrected chi connectivity index (χ1v) is 7.69. The maximum atomic E-state index is 12.1. The standard InChI is InChI=1S/C14H20N2OS/c1-10(9-18-2)16-14(17)13-7-11-5-3-4-6-12(11)8-15-13/h3-6,10,13,15H,7-9H2,1-2H3,(H,16,17)/t10?,13-/m1/s1. The van der Waals surface area contributed by atoms with Crippen molar-refractivity contribution in [3.63, 3.8) is 0 Å². The summed E-state index contributed by atoms with van der Waals surface area (Å²) < 4.78 is 0. The molecule has 2 atom stereocenters. The Labute approximate surface area is 113 Å². The lowest BCUT2D eigenvalue weighted by atomic mass is 9.95. The highest BCUT2D eigenvalue weighted by Gasteiger charge is 2.24. The lowest BCUT2D eigenvalue weighted by Gasteiger charge is -2.26. The molecule has 1 aromatic rings. The molecule has 0 fully saturated rings. The molecule has 1 unspecified atom stereocenters. The Bertz CT molecular complexity index is 422. The minimum absolute atomic E-state index is 0.0933. The molecule has 18 heavy (non-hydrogen) atoms. The molecule has 0 aliphatic carbocycles. The molecule has 1 heterocycles. The van der Waals surface area contributed by atoms with Crippen molar-refractivity contribution in [1.29, 1.82) is 0 Å². The molecule has 0 saturated carbocycles. The molecular weight excluding hydrogens is 244 g/mol. The van der Waals surface area contributed by atoms with E-state index in [-0.39, 0.29) is 18.0 Å². The van der Waals surface area contributed by atoms with E-state index in [1.807, 2.05) is 19.1 Å². The van der Waals surface area contributed by atoms with Gasteiger partial charge in [-0.3, -0.25) is 4.79 Å². The fourth-order valence-corrected chi connectivity index (χ4v) is 2.86. The predicted octanol–water partition coefficient (Wildman–Crippen LogP) is 1.57. The van der Waals surface area contributed by atoms with Gasteiger partial charge in [-0.25, -0.2) is 0 Å². The van der Waals surface area contributed by atoms with Crippen molar-refractivity contribution in [1.82, 2.24) is 10.6 Å². The number of rotatable bonds is 4. The molecule has 0 aromatic heterocycles. The van der Waals surface area contributed by atoms with Gasteiger partial charge in [0.25, 0.3) is 0 Å². The van der Waals surface area contributed by atoms with E-state index in [4.69, 9.17) is 0 Å². The van der Waals surface area contributed by atoms with Crippen LogP contribution in [-0.4, -0.2) is 30.0 Å². The minimum atomic E-state index is -0.0933. The molecule has 2 N–H and O–H groups in total. The maximum absolute atomic E-state index is 12.1. The van der Waals surface area contributed by atoms with Gasteiger partial charge >= 0.3 is 0 Å². The van der Waals surface area contributed by atoms with Crippen LogP contribution in [0.3, 0.4) is 0 Å². The molecule has 0 spiro atoms. The second-order valence-corrected chi connectivity index (χ2v) is 5.68. The number of carbonyl (C=O) groups excluding carboxylic acids is 1. The smallest absolute Gasteiger partial charge is 0.237 e. The topological polar surface area (TPSA) is 41.1 Å². The van der Waals surface area contributed by atoms with Crippen molar-refractivity contribution in [2.24, 2.45) is 0 Å². The predicted molar refractivity (Wildman–Crippen MR) is 76.8 cm³/mol. The van der Waals surface area contributed by atoms with Crippen molar-refractivity contribution in [3.8, 4) is 0 Å². The van der Waals surface area contributed by atoms with E-state index in [1.54, 1.807) is 11.8 Å². The van der Waals surface area contributed by atoms with E-state index in [0.717, 1.165) is 18.7 Å². The Hall–Kier alpha value is -1.00. The van der Waals surface area contributed by atoms with Crippen LogP contribution in [0.5, 0.6) is 0 Å². The molecule has 3 nitrogen and oxygen atoms in total. The van der Waals surface area contributed by atoms with Crippen molar-refractivity contribution in [2.45, 2.75) is 32.0 Å². The van der Waals surface area contributed by atoms with Crippen molar-refractivity contribution in [3.05, 3.63) is 35.4 Å². The summed E-state index contributed by atoms with van der Waals surface area (Å²) in [5.41, 5.74) is 2.59. The average Bonchev–Trinajstić information content (AvgIpc) is 2.38. The van der Waals surface area contributed by atoms with Crippen molar-refractivity contribution in [2.75, 3.05) is 12.0 Å². The highest BCUT2D eigenvalue weighted by Crippen LogP contribution is 2.16. The third-order valence-electron chi connectivity index (χ3n) is 3.20. The zero-order valence-corrected chi connectivity index (χ0v) is 11.7. The third kappa shape index (κ3) is 3.27. The number of amides is 1. The average molecular weight is 264 g/mol. The number of hydrogen-bond acceptors (Lipinski definition) is 3. The van der Waals surface area contributed by atoms with Gasteiger partial charge in [0.15, 0.2) is 0 Å². The first-order valence-electron chi connectivity index (χ1n) is 6.30. The van der Waals surface area contributed by atoms with E-state index in [0.29, 0.717) is 0 Å². The Morgan fingerprint density at radius 2 is 2.22 bits per heavy atom. The molecule has 1 aliphatic rings. The summed E-state index contributed by atoms with van der Waals surface area (Å²) in [6.45, 7) is 2.83. The van der Waals surface area contributed by atoms with Gasteiger partial charge in [-0.15, -0.1) is 0 Å². The monoisotopic (exact) mass is 264 g/mol. The van der Waals surface area contributed by atoms with E-state index >= 15 is 0 Å². The SMILES string of the molecule is CSCC(C)NC(=O)[C@H]1Cc2ccccc2CN1. The van der Waals surface area contributed by atoms with Gasteiger partial charge in [0.05, 0.1) is 6.04 Å². The first-order chi connectivity index (χ1) is 8.70. The maximum Gasteiger partial charge on any atom is 0.237 e. The molecular formula is C14H20N2OS. The van der Waals surface area contributed by atoms with Crippen LogP contribution >= 0.6 is 11.8 Å². The second-order valence-electron chi connectivity index (χ2n) is 4.77. The van der Waals surface area contributed by atoms with Gasteiger partial charge in [-0.1, -0.05) is 24.3 Å². The van der Waals surface area contributed by atoms with Crippen LogP contribution in [0.4, 0.5) is 0 Å².